The minimum absolute atomic E-state index is 0.257. The summed E-state index contributed by atoms with van der Waals surface area (Å²) in [5, 5.41) is 15.4. The van der Waals surface area contributed by atoms with Gasteiger partial charge in [0.1, 0.15) is 11.4 Å². The Kier molecular flexibility index (Phi) is 9.24. The van der Waals surface area contributed by atoms with Crippen molar-refractivity contribution in [2.45, 2.75) is 39.0 Å². The van der Waals surface area contributed by atoms with Crippen LogP contribution < -0.4 is 4.74 Å². The second-order valence-electron chi connectivity index (χ2n) is 8.20. The molecule has 2 aromatic carbocycles. The van der Waals surface area contributed by atoms with Crippen LogP contribution in [0.5, 0.6) is 11.6 Å². The lowest BCUT2D eigenvalue weighted by Crippen LogP contribution is -2.40. The van der Waals surface area contributed by atoms with Crippen molar-refractivity contribution in [3.63, 3.8) is 0 Å². The van der Waals surface area contributed by atoms with E-state index in [9.17, 15) is 5.11 Å². The summed E-state index contributed by atoms with van der Waals surface area (Å²) in [6, 6.07) is 20.1. The van der Waals surface area contributed by atoms with Crippen molar-refractivity contribution in [3.05, 3.63) is 78.9 Å². The predicted molar refractivity (Wildman–Crippen MR) is 132 cm³/mol. The highest BCUT2D eigenvalue weighted by Crippen LogP contribution is 2.34. The zero-order chi connectivity index (χ0) is 23.6. The number of aryl methyl sites for hydroxylation is 1. The largest absolute Gasteiger partial charge is 0.439 e. The molecular formula is C27H35N3O3. The second-order valence-corrected chi connectivity index (χ2v) is 8.20. The Morgan fingerprint density at radius 2 is 1.79 bits per heavy atom. The molecule has 6 nitrogen and oxygen atoms in total. The van der Waals surface area contributed by atoms with Crippen molar-refractivity contribution in [2.75, 3.05) is 19.8 Å². The van der Waals surface area contributed by atoms with Crippen LogP contribution in [0, 0.1) is 0 Å². The summed E-state index contributed by atoms with van der Waals surface area (Å²) in [6.07, 6.45) is 2.04. The molecule has 6 heteroatoms. The van der Waals surface area contributed by atoms with E-state index in [2.05, 4.69) is 37.5 Å². The number of aromatic nitrogens is 2. The molecule has 1 N–H and O–H groups in total. The zero-order valence-corrected chi connectivity index (χ0v) is 19.9. The van der Waals surface area contributed by atoms with Crippen LogP contribution in [-0.4, -0.2) is 51.7 Å². The van der Waals surface area contributed by atoms with Crippen LogP contribution in [-0.2, 0) is 18.3 Å². The summed E-state index contributed by atoms with van der Waals surface area (Å²) >= 11 is 0. The third-order valence-electron chi connectivity index (χ3n) is 5.66. The number of ether oxygens (including phenoxy) is 2. The lowest BCUT2D eigenvalue weighted by molar-refractivity contribution is 0.0156. The van der Waals surface area contributed by atoms with E-state index in [1.54, 1.807) is 10.8 Å². The molecule has 0 radical (unpaired) electrons. The molecule has 0 aliphatic rings. The topological polar surface area (TPSA) is 59.8 Å². The molecule has 2 atom stereocenters. The van der Waals surface area contributed by atoms with Gasteiger partial charge < -0.3 is 14.6 Å². The first-order chi connectivity index (χ1) is 16.0. The minimum atomic E-state index is -0.603. The fraction of sp³-hybridized carbons (Fsp3) is 0.370. The normalized spacial score (nSPS) is 13.1. The lowest BCUT2D eigenvalue weighted by Gasteiger charge is -2.30. The zero-order valence-electron chi connectivity index (χ0n) is 19.9. The molecule has 3 rings (SSSR count). The molecular weight excluding hydrogens is 414 g/mol. The van der Waals surface area contributed by atoms with E-state index in [4.69, 9.17) is 14.6 Å². The van der Waals surface area contributed by atoms with Gasteiger partial charge in [-0.3, -0.25) is 4.90 Å². The Morgan fingerprint density at radius 3 is 2.42 bits per heavy atom. The molecule has 0 spiro atoms. The van der Waals surface area contributed by atoms with Crippen molar-refractivity contribution in [3.8, 4) is 22.9 Å². The number of hydrogen-bond donors (Lipinski definition) is 1. The molecule has 0 aliphatic heterocycles. The average molecular weight is 450 g/mol. The summed E-state index contributed by atoms with van der Waals surface area (Å²) in [4.78, 5) is 2.27. The van der Waals surface area contributed by atoms with E-state index >= 15 is 0 Å². The number of hydrogen-bond acceptors (Lipinski definition) is 5. The first-order valence-electron chi connectivity index (χ1n) is 11.5. The molecule has 0 bridgehead atoms. The average Bonchev–Trinajstić information content (AvgIpc) is 3.14. The van der Waals surface area contributed by atoms with Gasteiger partial charge in [-0.25, -0.2) is 4.68 Å². The third-order valence-corrected chi connectivity index (χ3v) is 5.66. The van der Waals surface area contributed by atoms with E-state index in [0.29, 0.717) is 25.6 Å². The quantitative estimate of drug-likeness (QED) is 0.293. The Hall–Kier alpha value is -2.93. The SMILES string of the molecule is C=CCOC[C@H](O)CN(Cc1c(-c2ccccc2)nn(C)c1Oc1ccccc1)[C@@H](C)CC. The molecule has 1 heterocycles. The standard InChI is InChI=1S/C27H35N3O3/c1-5-17-32-20-23(31)18-30(21(3)6-2)19-25-26(22-13-9-7-10-14-22)28-29(4)27(25)33-24-15-11-8-12-16-24/h5,7-16,21,23,31H,1,6,17-20H2,2-4H3/t21-,23+/m0/s1. The first-order valence-corrected chi connectivity index (χ1v) is 11.5. The highest BCUT2D eigenvalue weighted by molar-refractivity contribution is 5.65. The fourth-order valence-corrected chi connectivity index (χ4v) is 3.72. The predicted octanol–water partition coefficient (Wildman–Crippen LogP) is 5.04. The molecule has 0 unspecified atom stereocenters. The smallest absolute Gasteiger partial charge is 0.222 e. The van der Waals surface area contributed by atoms with Crippen molar-refractivity contribution in [1.82, 2.24) is 14.7 Å². The van der Waals surface area contributed by atoms with Gasteiger partial charge >= 0.3 is 0 Å². The maximum Gasteiger partial charge on any atom is 0.222 e. The Labute approximate surface area is 197 Å². The van der Waals surface area contributed by atoms with Crippen LogP contribution in [0.4, 0.5) is 0 Å². The van der Waals surface area contributed by atoms with Crippen LogP contribution in [0.1, 0.15) is 25.8 Å². The number of benzene rings is 2. The number of aliphatic hydroxyl groups excluding tert-OH is 1. The van der Waals surface area contributed by atoms with E-state index in [1.807, 2.05) is 55.6 Å². The van der Waals surface area contributed by atoms with Gasteiger partial charge in [0.2, 0.25) is 5.88 Å². The molecule has 33 heavy (non-hydrogen) atoms. The monoisotopic (exact) mass is 449 g/mol. The van der Waals surface area contributed by atoms with Gasteiger partial charge in [0.15, 0.2) is 0 Å². The number of nitrogens with zero attached hydrogens (tertiary/aromatic N) is 3. The Morgan fingerprint density at radius 1 is 1.12 bits per heavy atom. The molecule has 0 saturated heterocycles. The van der Waals surface area contributed by atoms with Gasteiger partial charge in [0, 0.05) is 31.7 Å². The van der Waals surface area contributed by atoms with Crippen molar-refractivity contribution in [1.29, 1.82) is 0 Å². The minimum Gasteiger partial charge on any atom is -0.439 e. The molecule has 0 saturated carbocycles. The summed E-state index contributed by atoms with van der Waals surface area (Å²) in [5.74, 6) is 1.46. The summed E-state index contributed by atoms with van der Waals surface area (Å²) < 4.78 is 13.6. The van der Waals surface area contributed by atoms with Crippen molar-refractivity contribution < 1.29 is 14.6 Å². The van der Waals surface area contributed by atoms with Gasteiger partial charge in [-0.2, -0.15) is 5.10 Å². The van der Waals surface area contributed by atoms with Crippen molar-refractivity contribution >= 4 is 0 Å². The maximum absolute atomic E-state index is 10.6. The summed E-state index contributed by atoms with van der Waals surface area (Å²) in [6.45, 7) is 9.76. The van der Waals surface area contributed by atoms with Gasteiger partial charge in [0.25, 0.3) is 0 Å². The van der Waals surface area contributed by atoms with Gasteiger partial charge in [-0.1, -0.05) is 61.5 Å². The van der Waals surface area contributed by atoms with E-state index < -0.39 is 6.10 Å². The van der Waals surface area contributed by atoms with E-state index in [-0.39, 0.29) is 12.6 Å². The number of aliphatic hydroxyl groups is 1. The Balaban J connectivity index is 1.95. The number of rotatable bonds is 13. The van der Waals surface area contributed by atoms with Gasteiger partial charge in [-0.05, 0) is 25.5 Å². The molecule has 176 valence electrons. The van der Waals surface area contributed by atoms with Crippen LogP contribution in [0.2, 0.25) is 0 Å². The fourth-order valence-electron chi connectivity index (χ4n) is 3.72. The Bertz CT molecular complexity index is 989. The second kappa shape index (κ2) is 12.3. The van der Waals surface area contributed by atoms with Crippen LogP contribution >= 0.6 is 0 Å². The number of para-hydroxylation sites is 1. The molecule has 1 aromatic heterocycles. The first kappa shape index (κ1) is 24.7. The van der Waals surface area contributed by atoms with Crippen LogP contribution in [0.3, 0.4) is 0 Å². The third kappa shape index (κ3) is 6.78. The highest BCUT2D eigenvalue weighted by Gasteiger charge is 2.25. The molecule has 0 aliphatic carbocycles. The highest BCUT2D eigenvalue weighted by atomic mass is 16.5. The summed E-state index contributed by atoms with van der Waals surface area (Å²) in [5.41, 5.74) is 2.91. The maximum atomic E-state index is 10.6. The van der Waals surface area contributed by atoms with E-state index in [0.717, 1.165) is 29.0 Å². The summed E-state index contributed by atoms with van der Waals surface area (Å²) in [7, 11) is 1.90. The van der Waals surface area contributed by atoms with Crippen LogP contribution in [0.15, 0.2) is 73.3 Å². The molecule has 0 amide bonds. The van der Waals surface area contributed by atoms with Gasteiger partial charge in [-0.15, -0.1) is 6.58 Å². The molecule has 3 aromatic rings. The van der Waals surface area contributed by atoms with E-state index in [1.165, 1.54) is 0 Å². The lowest BCUT2D eigenvalue weighted by atomic mass is 10.1. The molecule has 0 fully saturated rings. The van der Waals surface area contributed by atoms with Gasteiger partial charge in [0.05, 0.1) is 24.9 Å². The van der Waals surface area contributed by atoms with Crippen LogP contribution in [0.25, 0.3) is 11.3 Å². The van der Waals surface area contributed by atoms with Crippen molar-refractivity contribution in [2.24, 2.45) is 7.05 Å².